The van der Waals surface area contributed by atoms with Crippen LogP contribution in [0.15, 0.2) is 12.2 Å². The molecule has 3 N–H and O–H groups in total. The number of allylic oxidation sites excluding steroid dienone is 1. The molecule has 478 valence electrons. The summed E-state index contributed by atoms with van der Waals surface area (Å²) < 4.78 is 23.8. The van der Waals surface area contributed by atoms with Gasteiger partial charge in [0.15, 0.2) is 0 Å². The van der Waals surface area contributed by atoms with Crippen molar-refractivity contribution in [2.45, 2.75) is 398 Å². The molecule has 0 aliphatic rings. The summed E-state index contributed by atoms with van der Waals surface area (Å²) >= 11 is 0. The normalized spacial score (nSPS) is 13.6. The number of unbranched alkanes of at least 4 members (excludes halogenated alkanes) is 55. The van der Waals surface area contributed by atoms with E-state index in [0.717, 1.165) is 32.1 Å². The average Bonchev–Trinajstić information content (AvgIpc) is 3.42. The molecule has 0 radical (unpaired) electrons. The Balaban J connectivity index is 4.00. The molecule has 0 spiro atoms. The molecule has 0 fully saturated rings. The number of nitrogens with one attached hydrogen (secondary N) is 1. The molecule has 0 heterocycles. The molecule has 9 heteroatoms. The molecule has 3 atom stereocenters. The highest BCUT2D eigenvalue weighted by Gasteiger charge is 2.28. The first-order valence-corrected chi connectivity index (χ1v) is 37.6. The largest absolute Gasteiger partial charge is 0.472 e. The summed E-state index contributed by atoms with van der Waals surface area (Å²) in [6, 6.07) is -0.844. The van der Waals surface area contributed by atoms with Crippen LogP contribution in [-0.2, 0) is 18.4 Å². The highest BCUT2D eigenvalue weighted by Crippen LogP contribution is 2.43. The van der Waals surface area contributed by atoms with Crippen LogP contribution in [-0.4, -0.2) is 73.4 Å². The van der Waals surface area contributed by atoms with Crippen LogP contribution >= 0.6 is 7.82 Å². The molecule has 0 aromatic carbocycles. The SMILES string of the molecule is CCCCCCCCCCCCCCCCCCCCCCCCCC/C=C/C(O)C(COP(=O)(O)OCC[N+](C)(C)C)NC(=O)CCCCCCCCCCCCCCCCCCCCCCCCCCCCCCCCCC. The van der Waals surface area contributed by atoms with Gasteiger partial charge >= 0.3 is 7.82 Å². The molecule has 0 aliphatic heterocycles. The zero-order valence-corrected chi connectivity index (χ0v) is 55.8. The molecule has 0 saturated heterocycles. The molecule has 0 bridgehead atoms. The van der Waals surface area contributed by atoms with E-state index in [9.17, 15) is 19.4 Å². The van der Waals surface area contributed by atoms with E-state index in [-0.39, 0.29) is 19.1 Å². The van der Waals surface area contributed by atoms with Crippen molar-refractivity contribution in [3.63, 3.8) is 0 Å². The summed E-state index contributed by atoms with van der Waals surface area (Å²) in [4.78, 5) is 23.4. The third-order valence-corrected chi connectivity index (χ3v) is 18.0. The number of hydrogen-bond donors (Lipinski definition) is 3. The molecule has 0 aliphatic carbocycles. The van der Waals surface area contributed by atoms with E-state index in [2.05, 4.69) is 19.2 Å². The lowest BCUT2D eigenvalue weighted by atomic mass is 10.0. The summed E-state index contributed by atoms with van der Waals surface area (Å²) in [7, 11) is 1.60. The first-order chi connectivity index (χ1) is 39.0. The third kappa shape index (κ3) is 64.8. The van der Waals surface area contributed by atoms with E-state index in [1.807, 2.05) is 27.2 Å². The van der Waals surface area contributed by atoms with Crippen molar-refractivity contribution in [3.8, 4) is 0 Å². The second kappa shape index (κ2) is 62.8. The lowest BCUT2D eigenvalue weighted by Gasteiger charge is -2.25. The minimum absolute atomic E-state index is 0.0655. The molecule has 0 rings (SSSR count). The first kappa shape index (κ1) is 79.2. The number of quaternary nitrogens is 1. The van der Waals surface area contributed by atoms with Crippen molar-refractivity contribution in [2.75, 3.05) is 40.9 Å². The molecule has 80 heavy (non-hydrogen) atoms. The predicted molar refractivity (Wildman–Crippen MR) is 351 cm³/mol. The van der Waals surface area contributed by atoms with Gasteiger partial charge in [-0.2, -0.15) is 0 Å². The van der Waals surface area contributed by atoms with E-state index in [1.54, 1.807) is 6.08 Å². The maximum atomic E-state index is 13.1. The topological polar surface area (TPSA) is 105 Å². The smallest absolute Gasteiger partial charge is 0.387 e. The Labute approximate surface area is 501 Å². The summed E-state index contributed by atoms with van der Waals surface area (Å²) in [5.74, 6) is -0.166. The molecule has 8 nitrogen and oxygen atoms in total. The minimum Gasteiger partial charge on any atom is -0.387 e. The van der Waals surface area contributed by atoms with Gasteiger partial charge in [0.25, 0.3) is 0 Å². The molecule has 0 aromatic heterocycles. The Bertz CT molecular complexity index is 1310. The second-order valence-electron chi connectivity index (χ2n) is 26.3. The van der Waals surface area contributed by atoms with E-state index >= 15 is 0 Å². The minimum atomic E-state index is -4.35. The number of phosphoric ester groups is 1. The van der Waals surface area contributed by atoms with Gasteiger partial charge in [-0.3, -0.25) is 13.8 Å². The van der Waals surface area contributed by atoms with E-state index in [4.69, 9.17) is 9.05 Å². The van der Waals surface area contributed by atoms with Gasteiger partial charge < -0.3 is 19.8 Å². The molecular weight excluding hydrogens is 1010 g/mol. The predicted octanol–water partition coefficient (Wildman–Crippen LogP) is 22.9. The lowest BCUT2D eigenvalue weighted by molar-refractivity contribution is -0.870. The van der Waals surface area contributed by atoms with Crippen LogP contribution in [0.2, 0.25) is 0 Å². The number of carbonyl (C=O) groups excluding carboxylic acids is 1. The molecule has 0 saturated carbocycles. The quantitative estimate of drug-likeness (QED) is 0.0243. The molecule has 1 amide bonds. The van der Waals surface area contributed by atoms with Crippen LogP contribution in [0.4, 0.5) is 0 Å². The van der Waals surface area contributed by atoms with Gasteiger partial charge in [-0.15, -0.1) is 0 Å². The Morgan fingerprint density at radius 3 is 0.925 bits per heavy atom. The van der Waals surface area contributed by atoms with Gasteiger partial charge in [0, 0.05) is 6.42 Å². The molecule has 0 aromatic rings. The van der Waals surface area contributed by atoms with Crippen LogP contribution < -0.4 is 5.32 Å². The molecular formula is C71H144N2O6P+. The van der Waals surface area contributed by atoms with E-state index in [1.165, 1.54) is 334 Å². The second-order valence-corrected chi connectivity index (χ2v) is 27.8. The number of amides is 1. The van der Waals surface area contributed by atoms with Crippen molar-refractivity contribution in [1.82, 2.24) is 5.32 Å². The van der Waals surface area contributed by atoms with Crippen LogP contribution in [0.25, 0.3) is 0 Å². The highest BCUT2D eigenvalue weighted by atomic mass is 31.2. The Morgan fingerprint density at radius 1 is 0.412 bits per heavy atom. The number of carbonyl (C=O) groups is 1. The lowest BCUT2D eigenvalue weighted by Crippen LogP contribution is -2.45. The van der Waals surface area contributed by atoms with Gasteiger partial charge in [0.1, 0.15) is 13.2 Å². The van der Waals surface area contributed by atoms with Crippen molar-refractivity contribution in [2.24, 2.45) is 0 Å². The Kier molecular flexibility index (Phi) is 62.2. The number of aliphatic hydroxyl groups excluding tert-OH is 1. The number of rotatable bonds is 68. The van der Waals surface area contributed by atoms with E-state index < -0.39 is 20.0 Å². The number of phosphoric acid groups is 1. The van der Waals surface area contributed by atoms with Crippen LogP contribution in [0.5, 0.6) is 0 Å². The fourth-order valence-electron chi connectivity index (χ4n) is 11.4. The molecule has 3 unspecified atom stereocenters. The number of nitrogens with zero attached hydrogens (tertiary/aromatic N) is 1. The Hall–Kier alpha value is -0.760. The summed E-state index contributed by atoms with van der Waals surface area (Å²) in [6.07, 6.45) is 80.9. The van der Waals surface area contributed by atoms with Crippen LogP contribution in [0.1, 0.15) is 386 Å². The number of aliphatic hydroxyl groups is 1. The summed E-state index contributed by atoms with van der Waals surface area (Å²) in [5, 5.41) is 14.0. The average molecular weight is 1150 g/mol. The first-order valence-electron chi connectivity index (χ1n) is 36.1. The van der Waals surface area contributed by atoms with Gasteiger partial charge in [0.05, 0.1) is 39.9 Å². The number of hydrogen-bond acceptors (Lipinski definition) is 5. The zero-order valence-electron chi connectivity index (χ0n) is 54.9. The third-order valence-electron chi connectivity index (χ3n) is 17.0. The summed E-state index contributed by atoms with van der Waals surface area (Å²) in [6.45, 7) is 4.89. The maximum Gasteiger partial charge on any atom is 0.472 e. The Morgan fingerprint density at radius 2 is 0.662 bits per heavy atom. The van der Waals surface area contributed by atoms with Crippen LogP contribution in [0, 0.1) is 0 Å². The number of likely N-dealkylation sites (N-methyl/N-ethyl adjacent to an activating group) is 1. The van der Waals surface area contributed by atoms with Crippen molar-refractivity contribution < 1.29 is 32.9 Å². The zero-order chi connectivity index (χ0) is 58.4. The summed E-state index contributed by atoms with van der Waals surface area (Å²) in [5.41, 5.74) is 0. The van der Waals surface area contributed by atoms with E-state index in [0.29, 0.717) is 17.4 Å². The van der Waals surface area contributed by atoms with Gasteiger partial charge in [0.2, 0.25) is 5.91 Å². The fourth-order valence-corrected chi connectivity index (χ4v) is 12.1. The van der Waals surface area contributed by atoms with Gasteiger partial charge in [-0.25, -0.2) is 4.57 Å². The monoisotopic (exact) mass is 1150 g/mol. The standard InChI is InChI=1S/C71H143N2O6P/c1-6-8-10-12-14-16-18-20-22-24-26-28-30-32-34-35-36-37-38-39-41-43-45-47-49-51-53-55-57-59-61-63-65-71(75)72-69(68-79-80(76,77)78-67-66-73(3,4)5)70(74)64-62-60-58-56-54-52-50-48-46-44-42-40-33-31-29-27-25-23-21-19-17-15-13-11-9-7-2/h62,64,69-70,74H,6-61,63,65-68H2,1-5H3,(H-,72,75,76,77)/p+1/b64-62+. The van der Waals surface area contributed by atoms with Crippen molar-refractivity contribution in [3.05, 3.63) is 12.2 Å². The van der Waals surface area contributed by atoms with Gasteiger partial charge in [-0.05, 0) is 19.3 Å². The maximum absolute atomic E-state index is 13.1. The fraction of sp³-hybridized carbons (Fsp3) is 0.958. The van der Waals surface area contributed by atoms with Crippen molar-refractivity contribution >= 4 is 13.7 Å². The van der Waals surface area contributed by atoms with Crippen molar-refractivity contribution in [1.29, 1.82) is 0 Å². The highest BCUT2D eigenvalue weighted by molar-refractivity contribution is 7.47. The van der Waals surface area contributed by atoms with Crippen LogP contribution in [0.3, 0.4) is 0 Å². The van der Waals surface area contributed by atoms with Gasteiger partial charge in [-0.1, -0.05) is 373 Å².